The minimum absolute atomic E-state index is 0.0134. The lowest BCUT2D eigenvalue weighted by Crippen LogP contribution is -2.20. The van der Waals surface area contributed by atoms with Crippen LogP contribution < -0.4 is 5.43 Å². The maximum atomic E-state index is 12.3. The Hall–Kier alpha value is -2.20. The van der Waals surface area contributed by atoms with Gasteiger partial charge in [-0.3, -0.25) is 4.79 Å². The zero-order valence-corrected chi connectivity index (χ0v) is 17.5. The van der Waals surface area contributed by atoms with Gasteiger partial charge >= 0.3 is 0 Å². The van der Waals surface area contributed by atoms with Gasteiger partial charge in [-0.1, -0.05) is 75.4 Å². The van der Waals surface area contributed by atoms with Crippen molar-refractivity contribution >= 4 is 34.1 Å². The van der Waals surface area contributed by atoms with Gasteiger partial charge in [0.2, 0.25) is 5.91 Å². The van der Waals surface area contributed by atoms with Crippen LogP contribution >= 0.6 is 15.9 Å². The second-order valence-electron chi connectivity index (χ2n) is 7.99. The first kappa shape index (κ1) is 19.6. The van der Waals surface area contributed by atoms with Crippen LogP contribution in [0.25, 0.3) is 6.08 Å². The molecule has 1 aliphatic rings. The fourth-order valence-corrected chi connectivity index (χ4v) is 3.44. The van der Waals surface area contributed by atoms with E-state index in [-0.39, 0.29) is 17.2 Å². The highest BCUT2D eigenvalue weighted by Crippen LogP contribution is 2.47. The summed E-state index contributed by atoms with van der Waals surface area (Å²) in [5.41, 5.74) is 6.42. The lowest BCUT2D eigenvalue weighted by molar-refractivity contribution is -0.122. The second kappa shape index (κ2) is 8.22. The Bertz CT molecular complexity index is 848. The molecule has 1 fully saturated rings. The molecule has 27 heavy (non-hydrogen) atoms. The van der Waals surface area contributed by atoms with Crippen molar-refractivity contribution in [1.82, 2.24) is 5.43 Å². The van der Waals surface area contributed by atoms with E-state index in [1.54, 1.807) is 6.21 Å². The number of allylic oxidation sites excluding steroid dienone is 1. The van der Waals surface area contributed by atoms with E-state index in [0.717, 1.165) is 16.5 Å². The van der Waals surface area contributed by atoms with Crippen LogP contribution in [0.15, 0.2) is 64.2 Å². The van der Waals surface area contributed by atoms with E-state index in [4.69, 9.17) is 0 Å². The van der Waals surface area contributed by atoms with Crippen molar-refractivity contribution in [3.05, 3.63) is 75.8 Å². The number of hydrazone groups is 1. The molecule has 2 aromatic rings. The third-order valence-electron chi connectivity index (χ3n) is 4.80. The molecule has 0 aromatic heterocycles. The van der Waals surface area contributed by atoms with Crippen LogP contribution in [0.3, 0.4) is 0 Å². The van der Waals surface area contributed by atoms with Crippen molar-refractivity contribution in [3.63, 3.8) is 0 Å². The van der Waals surface area contributed by atoms with Gasteiger partial charge in [-0.15, -0.1) is 0 Å². The van der Waals surface area contributed by atoms with E-state index >= 15 is 0 Å². The molecule has 0 bridgehead atoms. The number of amides is 1. The van der Waals surface area contributed by atoms with Gasteiger partial charge in [0.15, 0.2) is 0 Å². The van der Waals surface area contributed by atoms with E-state index < -0.39 is 0 Å². The van der Waals surface area contributed by atoms with Crippen molar-refractivity contribution in [2.45, 2.75) is 38.5 Å². The number of hydrogen-bond acceptors (Lipinski definition) is 2. The third kappa shape index (κ3) is 5.39. The molecule has 0 saturated heterocycles. The number of carbonyl (C=O) groups is 1. The standard InChI is InChI=1S/C23H25BrN2O/c1-23(2,3)18-11-9-17(10-12-18)20-14-21(20)22(27)26-25-15-19(24)13-16-7-5-4-6-8-16/h4-13,15,20-21H,14H2,1-3H3,(H,26,27)/b19-13-,25-15+/t20-,21+/m0/s1. The molecule has 0 unspecified atom stereocenters. The maximum absolute atomic E-state index is 12.3. The van der Waals surface area contributed by atoms with E-state index in [1.807, 2.05) is 36.4 Å². The minimum atomic E-state index is -0.0174. The molecule has 1 aliphatic carbocycles. The summed E-state index contributed by atoms with van der Waals surface area (Å²) in [6.45, 7) is 6.62. The van der Waals surface area contributed by atoms with E-state index in [0.29, 0.717) is 5.92 Å². The third-order valence-corrected chi connectivity index (χ3v) is 5.23. The number of nitrogens with one attached hydrogen (secondary N) is 1. The van der Waals surface area contributed by atoms with Gasteiger partial charge in [0.25, 0.3) is 0 Å². The van der Waals surface area contributed by atoms with Crippen LogP contribution in [0.4, 0.5) is 0 Å². The predicted molar refractivity (Wildman–Crippen MR) is 116 cm³/mol. The number of halogens is 1. The Morgan fingerprint density at radius 2 is 1.78 bits per heavy atom. The molecule has 1 saturated carbocycles. The van der Waals surface area contributed by atoms with Gasteiger partial charge in [0.1, 0.15) is 0 Å². The first-order valence-corrected chi connectivity index (χ1v) is 9.99. The monoisotopic (exact) mass is 424 g/mol. The number of rotatable bonds is 5. The molecule has 1 amide bonds. The number of hydrogen-bond donors (Lipinski definition) is 1. The van der Waals surface area contributed by atoms with Crippen molar-refractivity contribution in [3.8, 4) is 0 Å². The topological polar surface area (TPSA) is 41.5 Å². The molecule has 0 spiro atoms. The molecule has 0 radical (unpaired) electrons. The van der Waals surface area contributed by atoms with Gasteiger partial charge in [-0.25, -0.2) is 5.43 Å². The Balaban J connectivity index is 1.52. The predicted octanol–water partition coefficient (Wildman–Crippen LogP) is 5.63. The molecule has 4 heteroatoms. The van der Waals surface area contributed by atoms with Crippen molar-refractivity contribution in [2.24, 2.45) is 11.0 Å². The number of nitrogens with zero attached hydrogens (tertiary/aromatic N) is 1. The largest absolute Gasteiger partial charge is 0.273 e. The van der Waals surface area contributed by atoms with E-state index in [2.05, 4.69) is 71.5 Å². The molecule has 0 heterocycles. The first-order valence-electron chi connectivity index (χ1n) is 9.20. The lowest BCUT2D eigenvalue weighted by Gasteiger charge is -2.19. The summed E-state index contributed by atoms with van der Waals surface area (Å²) in [7, 11) is 0. The smallest absolute Gasteiger partial charge is 0.243 e. The Labute approximate surface area is 169 Å². The van der Waals surface area contributed by atoms with Crippen LogP contribution in [-0.2, 0) is 10.2 Å². The molecular weight excluding hydrogens is 400 g/mol. The molecule has 3 rings (SSSR count). The van der Waals surface area contributed by atoms with Crippen LogP contribution in [0.1, 0.15) is 49.8 Å². The average Bonchev–Trinajstić information content (AvgIpc) is 3.43. The molecule has 2 atom stereocenters. The maximum Gasteiger partial charge on any atom is 0.243 e. The minimum Gasteiger partial charge on any atom is -0.273 e. The summed E-state index contributed by atoms with van der Waals surface area (Å²) >= 11 is 3.45. The van der Waals surface area contributed by atoms with Crippen LogP contribution in [0.5, 0.6) is 0 Å². The molecule has 1 N–H and O–H groups in total. The Morgan fingerprint density at radius 1 is 1.11 bits per heavy atom. The van der Waals surface area contributed by atoms with Crippen molar-refractivity contribution in [1.29, 1.82) is 0 Å². The summed E-state index contributed by atoms with van der Waals surface area (Å²) < 4.78 is 0.805. The Morgan fingerprint density at radius 3 is 2.41 bits per heavy atom. The number of carbonyl (C=O) groups excluding carboxylic acids is 1. The molecule has 2 aromatic carbocycles. The SMILES string of the molecule is CC(C)(C)c1ccc([C@@H]2C[C@H]2C(=O)N/N=C/C(Br)=C/c2ccccc2)cc1. The highest BCUT2D eigenvalue weighted by molar-refractivity contribution is 9.12. The van der Waals surface area contributed by atoms with Crippen LogP contribution in [0.2, 0.25) is 0 Å². The quantitative estimate of drug-likeness (QED) is 0.490. The molecule has 0 aliphatic heterocycles. The van der Waals surface area contributed by atoms with Crippen molar-refractivity contribution < 1.29 is 4.79 Å². The summed E-state index contributed by atoms with van der Waals surface area (Å²) in [5, 5.41) is 4.06. The lowest BCUT2D eigenvalue weighted by atomic mass is 9.86. The normalized spacial score (nSPS) is 19.9. The fraction of sp³-hybridized carbons (Fsp3) is 0.304. The summed E-state index contributed by atoms with van der Waals surface area (Å²) in [6, 6.07) is 18.6. The fourth-order valence-electron chi connectivity index (χ4n) is 3.07. The highest BCUT2D eigenvalue weighted by Gasteiger charge is 2.43. The van der Waals surface area contributed by atoms with Gasteiger partial charge in [-0.05, 0) is 56.5 Å². The van der Waals surface area contributed by atoms with Gasteiger partial charge < -0.3 is 0 Å². The Kier molecular flexibility index (Phi) is 5.95. The first-order chi connectivity index (χ1) is 12.8. The second-order valence-corrected chi connectivity index (χ2v) is 8.91. The molecule has 140 valence electrons. The van der Waals surface area contributed by atoms with E-state index in [9.17, 15) is 4.79 Å². The van der Waals surface area contributed by atoms with Gasteiger partial charge in [0, 0.05) is 10.4 Å². The molecular formula is C23H25BrN2O. The van der Waals surface area contributed by atoms with Crippen molar-refractivity contribution in [2.75, 3.05) is 0 Å². The summed E-state index contributed by atoms with van der Waals surface area (Å²) in [4.78, 5) is 12.3. The highest BCUT2D eigenvalue weighted by atomic mass is 79.9. The van der Waals surface area contributed by atoms with Crippen LogP contribution in [0, 0.1) is 5.92 Å². The zero-order chi connectivity index (χ0) is 19.4. The molecule has 3 nitrogen and oxygen atoms in total. The summed E-state index contributed by atoms with van der Waals surface area (Å²) in [5.74, 6) is 0.299. The summed E-state index contributed by atoms with van der Waals surface area (Å²) in [6.07, 6.45) is 4.45. The van der Waals surface area contributed by atoms with Gasteiger partial charge in [-0.2, -0.15) is 5.10 Å². The van der Waals surface area contributed by atoms with Gasteiger partial charge in [0.05, 0.1) is 6.21 Å². The van der Waals surface area contributed by atoms with Crippen LogP contribution in [-0.4, -0.2) is 12.1 Å². The van der Waals surface area contributed by atoms with E-state index in [1.165, 1.54) is 11.1 Å². The average molecular weight is 425 g/mol. The zero-order valence-electron chi connectivity index (χ0n) is 15.9. The number of benzene rings is 2.